The highest BCUT2D eigenvalue weighted by atomic mass is 35.5. The monoisotopic (exact) mass is 258 g/mol. The number of hydrogen-bond donors (Lipinski definition) is 0. The minimum atomic E-state index is 0.417. The first-order chi connectivity index (χ1) is 8.78. The van der Waals surface area contributed by atoms with E-state index in [-0.39, 0.29) is 0 Å². The largest absolute Gasteiger partial charge is 0.489 e. The Balaban J connectivity index is 1.96. The number of nitriles is 1. The third-order valence-corrected chi connectivity index (χ3v) is 2.61. The first kappa shape index (κ1) is 12.4. The molecule has 0 unspecified atom stereocenters. The van der Waals surface area contributed by atoms with Crippen LogP contribution in [0.15, 0.2) is 42.6 Å². The van der Waals surface area contributed by atoms with Crippen LogP contribution in [0.3, 0.4) is 0 Å². The van der Waals surface area contributed by atoms with Crippen molar-refractivity contribution in [2.75, 3.05) is 0 Å². The molecule has 4 heteroatoms. The number of rotatable bonds is 4. The number of nitrogens with zero attached hydrogens (tertiary/aromatic N) is 2. The lowest BCUT2D eigenvalue weighted by Gasteiger charge is -2.06. The van der Waals surface area contributed by atoms with E-state index >= 15 is 0 Å². The number of hydrogen-bond acceptors (Lipinski definition) is 3. The molecular formula is C14H11ClN2O. The van der Waals surface area contributed by atoms with Crippen molar-refractivity contribution >= 4 is 11.6 Å². The van der Waals surface area contributed by atoms with Crippen LogP contribution in [0.4, 0.5) is 0 Å². The van der Waals surface area contributed by atoms with E-state index < -0.39 is 0 Å². The quantitative estimate of drug-likeness (QED) is 0.790. The zero-order valence-electron chi connectivity index (χ0n) is 9.64. The van der Waals surface area contributed by atoms with Crippen molar-refractivity contribution in [1.29, 1.82) is 5.26 Å². The van der Waals surface area contributed by atoms with E-state index in [1.54, 1.807) is 12.3 Å². The van der Waals surface area contributed by atoms with E-state index in [0.29, 0.717) is 18.2 Å². The number of aromatic nitrogens is 1. The third-order valence-electron chi connectivity index (χ3n) is 2.40. The van der Waals surface area contributed by atoms with Crippen molar-refractivity contribution in [3.8, 4) is 11.8 Å². The van der Waals surface area contributed by atoms with Gasteiger partial charge in [0.05, 0.1) is 12.5 Å². The van der Waals surface area contributed by atoms with Gasteiger partial charge in [0.2, 0.25) is 0 Å². The Morgan fingerprint density at radius 3 is 2.61 bits per heavy atom. The Morgan fingerprint density at radius 1 is 1.17 bits per heavy atom. The molecule has 1 aromatic heterocycles. The number of benzene rings is 1. The van der Waals surface area contributed by atoms with Crippen molar-refractivity contribution in [1.82, 2.24) is 4.98 Å². The van der Waals surface area contributed by atoms with Crippen LogP contribution in [0.25, 0.3) is 0 Å². The topological polar surface area (TPSA) is 45.9 Å². The fourth-order valence-electron chi connectivity index (χ4n) is 1.49. The van der Waals surface area contributed by atoms with Crippen LogP contribution < -0.4 is 4.74 Å². The number of halogens is 1. The summed E-state index contributed by atoms with van der Waals surface area (Å²) in [5, 5.41) is 9.03. The molecule has 0 saturated carbocycles. The van der Waals surface area contributed by atoms with Gasteiger partial charge in [-0.05, 0) is 35.4 Å². The van der Waals surface area contributed by atoms with Gasteiger partial charge in [-0.2, -0.15) is 5.26 Å². The van der Waals surface area contributed by atoms with Crippen molar-refractivity contribution in [3.63, 3.8) is 0 Å². The van der Waals surface area contributed by atoms with Gasteiger partial charge in [-0.3, -0.25) is 0 Å². The summed E-state index contributed by atoms with van der Waals surface area (Å²) in [5.41, 5.74) is 1.95. The summed E-state index contributed by atoms with van der Waals surface area (Å²) in [4.78, 5) is 3.91. The molecule has 0 radical (unpaired) electrons. The van der Waals surface area contributed by atoms with Crippen LogP contribution in [0, 0.1) is 11.3 Å². The molecule has 0 N–H and O–H groups in total. The molecule has 2 rings (SSSR count). The van der Waals surface area contributed by atoms with Crippen LogP contribution in [0.1, 0.15) is 11.1 Å². The second-order valence-electron chi connectivity index (χ2n) is 3.75. The molecule has 90 valence electrons. The molecule has 1 aromatic carbocycles. The lowest BCUT2D eigenvalue weighted by atomic mass is 10.2. The molecule has 0 aliphatic rings. The summed E-state index contributed by atoms with van der Waals surface area (Å²) in [7, 11) is 0. The normalized spacial score (nSPS) is 9.78. The molecule has 0 saturated heterocycles. The third kappa shape index (κ3) is 3.47. The van der Waals surface area contributed by atoms with Crippen molar-refractivity contribution < 1.29 is 4.74 Å². The van der Waals surface area contributed by atoms with E-state index in [1.807, 2.05) is 30.3 Å². The summed E-state index contributed by atoms with van der Waals surface area (Å²) >= 11 is 5.78. The molecule has 18 heavy (non-hydrogen) atoms. The molecule has 0 aliphatic carbocycles. The predicted molar refractivity (Wildman–Crippen MR) is 69.3 cm³/mol. The van der Waals surface area contributed by atoms with Crippen LogP contribution >= 0.6 is 11.6 Å². The van der Waals surface area contributed by atoms with E-state index in [0.717, 1.165) is 16.9 Å². The van der Waals surface area contributed by atoms with E-state index in [1.165, 1.54) is 0 Å². The maximum absolute atomic E-state index is 8.57. The molecule has 1 heterocycles. The second-order valence-corrected chi connectivity index (χ2v) is 4.14. The van der Waals surface area contributed by atoms with Crippen molar-refractivity contribution in [3.05, 3.63) is 58.9 Å². The van der Waals surface area contributed by atoms with Crippen molar-refractivity contribution in [2.45, 2.75) is 13.0 Å². The van der Waals surface area contributed by atoms with Crippen LogP contribution in [0.2, 0.25) is 5.15 Å². The summed E-state index contributed by atoms with van der Waals surface area (Å²) < 4.78 is 5.61. The van der Waals surface area contributed by atoms with Crippen LogP contribution in [0.5, 0.6) is 5.75 Å². The number of pyridine rings is 1. The van der Waals surface area contributed by atoms with Gasteiger partial charge in [0.1, 0.15) is 17.5 Å². The molecule has 0 spiro atoms. The zero-order chi connectivity index (χ0) is 12.8. The molecule has 3 nitrogen and oxygen atoms in total. The molecule has 0 fully saturated rings. The second kappa shape index (κ2) is 6.04. The van der Waals surface area contributed by atoms with Gasteiger partial charge in [-0.25, -0.2) is 4.98 Å². The average molecular weight is 259 g/mol. The van der Waals surface area contributed by atoms with Gasteiger partial charge in [-0.15, -0.1) is 0 Å². The molecule has 0 aliphatic heterocycles. The standard InChI is InChI=1S/C14H11ClN2O/c15-14-9-12(6-8-17-14)10-18-13-3-1-11(2-4-13)5-7-16/h1-4,6,8-9H,5,10H2. The van der Waals surface area contributed by atoms with Gasteiger partial charge < -0.3 is 4.74 Å². The molecule has 0 bridgehead atoms. The van der Waals surface area contributed by atoms with Gasteiger partial charge >= 0.3 is 0 Å². The van der Waals surface area contributed by atoms with Crippen LogP contribution in [-0.2, 0) is 13.0 Å². The summed E-state index contributed by atoms with van der Waals surface area (Å²) in [6.45, 7) is 0.444. The smallest absolute Gasteiger partial charge is 0.129 e. The lowest BCUT2D eigenvalue weighted by molar-refractivity contribution is 0.306. The van der Waals surface area contributed by atoms with E-state index in [9.17, 15) is 0 Å². The highest BCUT2D eigenvalue weighted by Gasteiger charge is 1.98. The minimum absolute atomic E-state index is 0.417. The SMILES string of the molecule is N#CCc1ccc(OCc2ccnc(Cl)c2)cc1. The Bertz CT molecular complexity index is 561. The molecule has 2 aromatic rings. The fourth-order valence-corrected chi connectivity index (χ4v) is 1.69. The fraction of sp³-hybridized carbons (Fsp3) is 0.143. The molecule has 0 amide bonds. The number of ether oxygens (including phenoxy) is 1. The zero-order valence-corrected chi connectivity index (χ0v) is 10.4. The Morgan fingerprint density at radius 2 is 1.94 bits per heavy atom. The van der Waals surface area contributed by atoms with E-state index in [4.69, 9.17) is 21.6 Å². The Kier molecular flexibility index (Phi) is 4.16. The summed E-state index contributed by atoms with van der Waals surface area (Å²) in [6, 6.07) is 13.2. The minimum Gasteiger partial charge on any atom is -0.489 e. The van der Waals surface area contributed by atoms with E-state index in [2.05, 4.69) is 11.1 Å². The Hall–Kier alpha value is -2.05. The highest BCUT2D eigenvalue weighted by molar-refractivity contribution is 6.29. The van der Waals surface area contributed by atoms with Gasteiger partial charge in [-0.1, -0.05) is 23.7 Å². The first-order valence-corrected chi connectivity index (χ1v) is 5.85. The first-order valence-electron chi connectivity index (χ1n) is 5.47. The molecule has 0 atom stereocenters. The lowest BCUT2D eigenvalue weighted by Crippen LogP contribution is -1.96. The van der Waals surface area contributed by atoms with Gasteiger partial charge in [0.25, 0.3) is 0 Å². The maximum atomic E-state index is 8.57. The highest BCUT2D eigenvalue weighted by Crippen LogP contribution is 2.15. The van der Waals surface area contributed by atoms with Crippen LogP contribution in [-0.4, -0.2) is 4.98 Å². The summed E-state index contributed by atoms with van der Waals surface area (Å²) in [5.74, 6) is 0.768. The maximum Gasteiger partial charge on any atom is 0.129 e. The van der Waals surface area contributed by atoms with Gasteiger partial charge in [0.15, 0.2) is 0 Å². The average Bonchev–Trinajstić information content (AvgIpc) is 2.38. The van der Waals surface area contributed by atoms with Gasteiger partial charge in [0, 0.05) is 6.20 Å². The predicted octanol–water partition coefficient (Wildman–Crippen LogP) is 3.38. The summed E-state index contributed by atoms with van der Waals surface area (Å²) in [6.07, 6.45) is 2.07. The van der Waals surface area contributed by atoms with Crippen molar-refractivity contribution in [2.24, 2.45) is 0 Å². The molecular weight excluding hydrogens is 248 g/mol. The Labute approximate surface area is 111 Å².